The van der Waals surface area contributed by atoms with E-state index in [1.54, 1.807) is 11.3 Å². The average molecular weight is 241 g/mol. The average Bonchev–Trinajstić information content (AvgIpc) is 2.76. The van der Waals surface area contributed by atoms with Gasteiger partial charge in [-0.15, -0.1) is 11.3 Å². The van der Waals surface area contributed by atoms with Crippen LogP contribution in [0.2, 0.25) is 0 Å². The molecule has 1 aromatic rings. The quantitative estimate of drug-likeness (QED) is 0.866. The second-order valence-electron chi connectivity index (χ2n) is 4.26. The molecule has 1 saturated heterocycles. The van der Waals surface area contributed by atoms with Crippen molar-refractivity contribution in [2.24, 2.45) is 0 Å². The second kappa shape index (κ2) is 5.61. The van der Waals surface area contributed by atoms with Gasteiger partial charge < -0.3 is 15.0 Å². The van der Waals surface area contributed by atoms with Gasteiger partial charge in [-0.05, 0) is 0 Å². The summed E-state index contributed by atoms with van der Waals surface area (Å²) in [7, 11) is 0. The van der Waals surface area contributed by atoms with Crippen molar-refractivity contribution in [3.8, 4) is 0 Å². The zero-order valence-corrected chi connectivity index (χ0v) is 10.7. The van der Waals surface area contributed by atoms with E-state index in [9.17, 15) is 0 Å². The van der Waals surface area contributed by atoms with Gasteiger partial charge in [0.05, 0.1) is 18.9 Å². The van der Waals surface area contributed by atoms with Crippen LogP contribution in [0.5, 0.6) is 0 Å². The zero-order chi connectivity index (χ0) is 11.4. The number of thiazole rings is 1. The molecule has 0 unspecified atom stereocenters. The fourth-order valence-electron chi connectivity index (χ4n) is 1.59. The molecule has 2 rings (SSSR count). The van der Waals surface area contributed by atoms with E-state index >= 15 is 0 Å². The number of hydrogen-bond acceptors (Lipinski definition) is 5. The Morgan fingerprint density at radius 2 is 2.25 bits per heavy atom. The highest BCUT2D eigenvalue weighted by molar-refractivity contribution is 7.13. The van der Waals surface area contributed by atoms with E-state index in [0.717, 1.165) is 43.7 Å². The maximum atomic E-state index is 5.33. The minimum absolute atomic E-state index is 0.508. The predicted molar refractivity (Wildman–Crippen MR) is 67.1 cm³/mol. The number of rotatable bonds is 4. The van der Waals surface area contributed by atoms with Gasteiger partial charge in [-0.3, -0.25) is 0 Å². The Balaban J connectivity index is 1.90. The maximum absolute atomic E-state index is 5.33. The normalized spacial score (nSPS) is 17.1. The van der Waals surface area contributed by atoms with Gasteiger partial charge in [0.25, 0.3) is 0 Å². The molecule has 5 heteroatoms. The summed E-state index contributed by atoms with van der Waals surface area (Å²) >= 11 is 1.73. The van der Waals surface area contributed by atoms with E-state index in [1.807, 2.05) is 0 Å². The van der Waals surface area contributed by atoms with Gasteiger partial charge in [0.2, 0.25) is 0 Å². The van der Waals surface area contributed by atoms with Crippen LogP contribution in [0, 0.1) is 0 Å². The number of ether oxygens (including phenoxy) is 1. The number of aromatic nitrogens is 1. The highest BCUT2D eigenvalue weighted by Crippen LogP contribution is 2.21. The molecule has 0 saturated carbocycles. The molecule has 0 spiro atoms. The molecule has 2 heterocycles. The standard InChI is InChI=1S/C11H19N3OS/c1-9(2)12-7-10-8-16-11(13-10)14-3-5-15-6-4-14/h8-9,12H,3-7H2,1-2H3. The Morgan fingerprint density at radius 1 is 1.50 bits per heavy atom. The lowest BCUT2D eigenvalue weighted by Gasteiger charge is -2.26. The van der Waals surface area contributed by atoms with Gasteiger partial charge in [-0.2, -0.15) is 0 Å². The summed E-state index contributed by atoms with van der Waals surface area (Å²) in [5.74, 6) is 0. The molecule has 1 fully saturated rings. The summed E-state index contributed by atoms with van der Waals surface area (Å²) in [6.45, 7) is 8.72. The van der Waals surface area contributed by atoms with Gasteiger partial charge in [-0.1, -0.05) is 13.8 Å². The number of hydrogen-bond donors (Lipinski definition) is 1. The van der Waals surface area contributed by atoms with Crippen LogP contribution in [0.1, 0.15) is 19.5 Å². The van der Waals surface area contributed by atoms with Crippen molar-refractivity contribution < 1.29 is 4.74 Å². The van der Waals surface area contributed by atoms with E-state index in [-0.39, 0.29) is 0 Å². The van der Waals surface area contributed by atoms with Gasteiger partial charge in [-0.25, -0.2) is 4.98 Å². The topological polar surface area (TPSA) is 37.4 Å². The monoisotopic (exact) mass is 241 g/mol. The van der Waals surface area contributed by atoms with Gasteiger partial charge in [0, 0.05) is 31.1 Å². The van der Waals surface area contributed by atoms with Crippen LogP contribution in [0.15, 0.2) is 5.38 Å². The van der Waals surface area contributed by atoms with Crippen LogP contribution in [0.3, 0.4) is 0 Å². The van der Waals surface area contributed by atoms with Crippen molar-refractivity contribution in [3.63, 3.8) is 0 Å². The first-order valence-electron chi connectivity index (χ1n) is 5.76. The molecule has 4 nitrogen and oxygen atoms in total. The SMILES string of the molecule is CC(C)NCc1csc(N2CCOCC2)n1. The van der Waals surface area contributed by atoms with Crippen molar-refractivity contribution in [2.45, 2.75) is 26.4 Å². The van der Waals surface area contributed by atoms with Crippen LogP contribution in [0.25, 0.3) is 0 Å². The molecule has 1 aromatic heterocycles. The Labute approximate surface area is 101 Å². The fraction of sp³-hybridized carbons (Fsp3) is 0.727. The first kappa shape index (κ1) is 11.8. The van der Waals surface area contributed by atoms with Crippen LogP contribution in [0.4, 0.5) is 5.13 Å². The van der Waals surface area contributed by atoms with Crippen LogP contribution in [-0.2, 0) is 11.3 Å². The summed E-state index contributed by atoms with van der Waals surface area (Å²) in [4.78, 5) is 6.93. The largest absolute Gasteiger partial charge is 0.378 e. The first-order chi connectivity index (χ1) is 7.75. The predicted octanol–water partition coefficient (Wildman–Crippen LogP) is 1.48. The fourth-order valence-corrected chi connectivity index (χ4v) is 2.47. The third-order valence-electron chi connectivity index (χ3n) is 2.51. The number of morpholine rings is 1. The molecule has 0 aliphatic carbocycles. The second-order valence-corrected chi connectivity index (χ2v) is 5.09. The molecule has 1 N–H and O–H groups in total. The van der Waals surface area contributed by atoms with E-state index in [2.05, 4.69) is 34.4 Å². The molecular weight excluding hydrogens is 222 g/mol. The molecule has 16 heavy (non-hydrogen) atoms. The van der Waals surface area contributed by atoms with E-state index in [0.29, 0.717) is 6.04 Å². The summed E-state index contributed by atoms with van der Waals surface area (Å²) in [5, 5.41) is 6.65. The smallest absolute Gasteiger partial charge is 0.185 e. The summed E-state index contributed by atoms with van der Waals surface area (Å²) in [6.07, 6.45) is 0. The number of nitrogens with zero attached hydrogens (tertiary/aromatic N) is 2. The Kier molecular flexibility index (Phi) is 4.15. The van der Waals surface area contributed by atoms with E-state index < -0.39 is 0 Å². The lowest BCUT2D eigenvalue weighted by atomic mass is 10.4. The molecule has 0 amide bonds. The molecule has 1 aliphatic rings. The molecule has 0 radical (unpaired) electrons. The van der Waals surface area contributed by atoms with Crippen molar-refractivity contribution in [2.75, 3.05) is 31.2 Å². The zero-order valence-electron chi connectivity index (χ0n) is 9.90. The summed E-state index contributed by atoms with van der Waals surface area (Å²) in [6, 6.07) is 0.508. The molecule has 1 aliphatic heterocycles. The van der Waals surface area contributed by atoms with Crippen molar-refractivity contribution in [1.82, 2.24) is 10.3 Å². The molecule has 0 bridgehead atoms. The molecule has 0 atom stereocenters. The minimum Gasteiger partial charge on any atom is -0.378 e. The minimum atomic E-state index is 0.508. The first-order valence-corrected chi connectivity index (χ1v) is 6.64. The Bertz CT molecular complexity index is 321. The molecule has 90 valence electrons. The van der Waals surface area contributed by atoms with Crippen molar-refractivity contribution >= 4 is 16.5 Å². The molecule has 0 aromatic carbocycles. The Hall–Kier alpha value is -0.650. The summed E-state index contributed by atoms with van der Waals surface area (Å²) < 4.78 is 5.33. The molecular formula is C11H19N3OS. The van der Waals surface area contributed by atoms with Gasteiger partial charge >= 0.3 is 0 Å². The third kappa shape index (κ3) is 3.17. The highest BCUT2D eigenvalue weighted by atomic mass is 32.1. The Morgan fingerprint density at radius 3 is 2.94 bits per heavy atom. The lowest BCUT2D eigenvalue weighted by molar-refractivity contribution is 0.122. The van der Waals surface area contributed by atoms with Gasteiger partial charge in [0.15, 0.2) is 5.13 Å². The third-order valence-corrected chi connectivity index (χ3v) is 3.46. The van der Waals surface area contributed by atoms with Gasteiger partial charge in [0.1, 0.15) is 0 Å². The van der Waals surface area contributed by atoms with Crippen LogP contribution in [-0.4, -0.2) is 37.3 Å². The van der Waals surface area contributed by atoms with Crippen LogP contribution >= 0.6 is 11.3 Å². The lowest BCUT2D eigenvalue weighted by Crippen LogP contribution is -2.36. The number of anilines is 1. The maximum Gasteiger partial charge on any atom is 0.185 e. The van der Waals surface area contributed by atoms with E-state index in [4.69, 9.17) is 4.74 Å². The van der Waals surface area contributed by atoms with Crippen LogP contribution < -0.4 is 10.2 Å². The van der Waals surface area contributed by atoms with E-state index in [1.165, 1.54) is 0 Å². The number of nitrogens with one attached hydrogen (secondary N) is 1. The van der Waals surface area contributed by atoms with Crippen molar-refractivity contribution in [1.29, 1.82) is 0 Å². The van der Waals surface area contributed by atoms with Crippen molar-refractivity contribution in [3.05, 3.63) is 11.1 Å². The highest BCUT2D eigenvalue weighted by Gasteiger charge is 2.14. The summed E-state index contributed by atoms with van der Waals surface area (Å²) in [5.41, 5.74) is 1.14.